The van der Waals surface area contributed by atoms with E-state index in [9.17, 15) is 4.79 Å². The van der Waals surface area contributed by atoms with Gasteiger partial charge in [0.15, 0.2) is 5.78 Å². The summed E-state index contributed by atoms with van der Waals surface area (Å²) in [4.78, 5) is 10.9. The molecule has 0 rings (SSSR count). The van der Waals surface area contributed by atoms with Gasteiger partial charge < -0.3 is 0 Å². The third-order valence-electron chi connectivity index (χ3n) is 1.25. The molecule has 0 saturated heterocycles. The molecule has 0 aliphatic rings. The van der Waals surface area contributed by atoms with Crippen LogP contribution in [0.5, 0.6) is 0 Å². The van der Waals surface area contributed by atoms with E-state index in [0.717, 1.165) is 0 Å². The molecule has 2 heteroatoms. The lowest BCUT2D eigenvalue weighted by atomic mass is 10.1. The van der Waals surface area contributed by atoms with Crippen molar-refractivity contribution < 1.29 is 4.79 Å². The van der Waals surface area contributed by atoms with Gasteiger partial charge in [0, 0.05) is 11.1 Å². The Kier molecular flexibility index (Phi) is 4.40. The predicted molar refractivity (Wildman–Crippen MR) is 48.3 cm³/mol. The number of nitrogens with zero attached hydrogens (tertiary/aromatic N) is 1. The van der Waals surface area contributed by atoms with E-state index in [0.29, 0.717) is 11.1 Å². The lowest BCUT2D eigenvalue weighted by Crippen LogP contribution is -1.93. The zero-order valence-corrected chi connectivity index (χ0v) is 7.29. The van der Waals surface area contributed by atoms with Crippen LogP contribution in [0, 0.1) is 11.3 Å². The molecule has 0 aliphatic heterocycles. The molecule has 0 aromatic rings. The van der Waals surface area contributed by atoms with Crippen LogP contribution >= 0.6 is 0 Å². The average Bonchev–Trinajstić information content (AvgIpc) is 2.03. The molecule has 0 radical (unpaired) electrons. The molecule has 0 amide bonds. The van der Waals surface area contributed by atoms with Crippen LogP contribution in [0.4, 0.5) is 0 Å². The van der Waals surface area contributed by atoms with Gasteiger partial charge >= 0.3 is 0 Å². The molecule has 0 heterocycles. The topological polar surface area (TPSA) is 40.9 Å². The van der Waals surface area contributed by atoms with Crippen LogP contribution in [-0.2, 0) is 4.79 Å². The maximum Gasteiger partial charge on any atom is 0.159 e. The molecule has 62 valence electrons. The van der Waals surface area contributed by atoms with Crippen molar-refractivity contribution in [1.29, 1.82) is 5.26 Å². The minimum Gasteiger partial charge on any atom is -0.295 e. The predicted octanol–water partition coefficient (Wildman–Crippen LogP) is 2.16. The van der Waals surface area contributed by atoms with E-state index in [1.165, 1.54) is 13.0 Å². The summed E-state index contributed by atoms with van der Waals surface area (Å²) in [7, 11) is 0. The lowest BCUT2D eigenvalue weighted by molar-refractivity contribution is -0.113. The molecule has 12 heavy (non-hydrogen) atoms. The molecule has 0 unspecified atom stereocenters. The first-order valence-electron chi connectivity index (χ1n) is 3.54. The van der Waals surface area contributed by atoms with Crippen LogP contribution < -0.4 is 0 Å². The third-order valence-corrected chi connectivity index (χ3v) is 1.25. The molecule has 0 spiro atoms. The Bertz CT molecular complexity index is 289. The van der Waals surface area contributed by atoms with Crippen LogP contribution in [0.25, 0.3) is 0 Å². The van der Waals surface area contributed by atoms with E-state index in [2.05, 4.69) is 6.58 Å². The summed E-state index contributed by atoms with van der Waals surface area (Å²) in [6.07, 6.45) is 4.66. The number of nitriles is 1. The molecule has 0 aromatic carbocycles. The highest BCUT2D eigenvalue weighted by atomic mass is 16.1. The van der Waals surface area contributed by atoms with Crippen molar-refractivity contribution in [3.8, 4) is 6.07 Å². The van der Waals surface area contributed by atoms with E-state index in [-0.39, 0.29) is 5.78 Å². The average molecular weight is 161 g/mol. The number of ketones is 1. The second-order valence-corrected chi connectivity index (χ2v) is 2.35. The van der Waals surface area contributed by atoms with Gasteiger partial charge in [0.2, 0.25) is 0 Å². The number of rotatable bonds is 3. The Balaban J connectivity index is 4.82. The highest BCUT2D eigenvalue weighted by Gasteiger charge is 1.98. The minimum atomic E-state index is -0.0653. The second-order valence-electron chi connectivity index (χ2n) is 2.35. The van der Waals surface area contributed by atoms with Gasteiger partial charge in [-0.25, -0.2) is 0 Å². The number of hydrogen-bond donors (Lipinski definition) is 0. The fourth-order valence-corrected chi connectivity index (χ4v) is 0.660. The summed E-state index contributed by atoms with van der Waals surface area (Å²) < 4.78 is 0. The maximum absolute atomic E-state index is 10.9. The Hall–Kier alpha value is -1.62. The van der Waals surface area contributed by atoms with Gasteiger partial charge in [0.25, 0.3) is 0 Å². The normalized spacial score (nSPS) is 12.1. The van der Waals surface area contributed by atoms with E-state index in [1.54, 1.807) is 19.1 Å². The van der Waals surface area contributed by atoms with Gasteiger partial charge in [-0.3, -0.25) is 4.79 Å². The number of allylic oxidation sites excluding steroid dienone is 5. The van der Waals surface area contributed by atoms with Crippen molar-refractivity contribution >= 4 is 5.78 Å². The van der Waals surface area contributed by atoms with Crippen LogP contribution in [0.1, 0.15) is 13.8 Å². The summed E-state index contributed by atoms with van der Waals surface area (Å²) in [6, 6.07) is 1.94. The van der Waals surface area contributed by atoms with Gasteiger partial charge in [-0.1, -0.05) is 18.7 Å². The highest BCUT2D eigenvalue weighted by Crippen LogP contribution is 2.03. The molecule has 2 nitrogen and oxygen atoms in total. The first-order chi connectivity index (χ1) is 5.61. The van der Waals surface area contributed by atoms with Gasteiger partial charge in [0.05, 0.1) is 6.07 Å². The SMILES string of the molecule is C=C/C=C(\C=C(/C)C#N)C(C)=O. The van der Waals surface area contributed by atoms with E-state index >= 15 is 0 Å². The molecule has 0 fully saturated rings. The Labute approximate surface area is 72.5 Å². The van der Waals surface area contributed by atoms with Crippen molar-refractivity contribution in [2.24, 2.45) is 0 Å². The molecule has 0 bridgehead atoms. The minimum absolute atomic E-state index is 0.0653. The first-order valence-corrected chi connectivity index (χ1v) is 3.54. The van der Waals surface area contributed by atoms with Crippen LogP contribution in [-0.4, -0.2) is 5.78 Å². The number of carbonyl (C=O) groups excluding carboxylic acids is 1. The fraction of sp³-hybridized carbons (Fsp3) is 0.200. The summed E-state index contributed by atoms with van der Waals surface area (Å²) in [5.74, 6) is -0.0653. The number of Topliss-reactive ketones (excluding diaryl/α,β-unsaturated/α-hetero) is 1. The van der Waals surface area contributed by atoms with Crippen molar-refractivity contribution in [2.75, 3.05) is 0 Å². The largest absolute Gasteiger partial charge is 0.295 e. The van der Waals surface area contributed by atoms with E-state index in [1.807, 2.05) is 6.07 Å². The fourth-order valence-electron chi connectivity index (χ4n) is 0.660. The maximum atomic E-state index is 10.9. The molecule has 0 atom stereocenters. The highest BCUT2D eigenvalue weighted by molar-refractivity contribution is 5.96. The molecule has 0 N–H and O–H groups in total. The summed E-state index contributed by atoms with van der Waals surface area (Å²) >= 11 is 0. The molecule has 0 aromatic heterocycles. The summed E-state index contributed by atoms with van der Waals surface area (Å²) in [5.41, 5.74) is 1.02. The first kappa shape index (κ1) is 10.4. The van der Waals surface area contributed by atoms with E-state index in [4.69, 9.17) is 5.26 Å². The van der Waals surface area contributed by atoms with Gasteiger partial charge in [-0.2, -0.15) is 5.26 Å². The van der Waals surface area contributed by atoms with Crippen molar-refractivity contribution in [2.45, 2.75) is 13.8 Å². The van der Waals surface area contributed by atoms with Crippen molar-refractivity contribution in [1.82, 2.24) is 0 Å². The van der Waals surface area contributed by atoms with Gasteiger partial charge in [-0.05, 0) is 19.9 Å². The smallest absolute Gasteiger partial charge is 0.159 e. The molecule has 0 saturated carbocycles. The Morgan fingerprint density at radius 3 is 2.42 bits per heavy atom. The monoisotopic (exact) mass is 161 g/mol. The van der Waals surface area contributed by atoms with Crippen LogP contribution in [0.3, 0.4) is 0 Å². The second kappa shape index (κ2) is 5.09. The van der Waals surface area contributed by atoms with Gasteiger partial charge in [-0.15, -0.1) is 0 Å². The van der Waals surface area contributed by atoms with Crippen molar-refractivity contribution in [3.63, 3.8) is 0 Å². The molecular weight excluding hydrogens is 150 g/mol. The lowest BCUT2D eigenvalue weighted by Gasteiger charge is -1.93. The zero-order chi connectivity index (χ0) is 9.56. The van der Waals surface area contributed by atoms with Gasteiger partial charge in [0.1, 0.15) is 0 Å². The van der Waals surface area contributed by atoms with Crippen LogP contribution in [0.15, 0.2) is 36.0 Å². The molecular formula is C10H11NO. The quantitative estimate of drug-likeness (QED) is 0.361. The zero-order valence-electron chi connectivity index (χ0n) is 7.29. The number of carbonyl (C=O) groups is 1. The summed E-state index contributed by atoms with van der Waals surface area (Å²) in [5, 5.41) is 8.45. The van der Waals surface area contributed by atoms with Crippen molar-refractivity contribution in [3.05, 3.63) is 36.0 Å². The standard InChI is InChI=1S/C10H11NO/c1-4-5-10(9(3)12)6-8(2)7-11/h4-6H,1H2,2-3H3/b8-6+,10-5+. The summed E-state index contributed by atoms with van der Waals surface area (Å²) in [6.45, 7) is 6.58. The number of hydrogen-bond acceptors (Lipinski definition) is 2. The van der Waals surface area contributed by atoms with E-state index < -0.39 is 0 Å². The Morgan fingerprint density at radius 2 is 2.08 bits per heavy atom. The third kappa shape index (κ3) is 3.52. The molecule has 0 aliphatic carbocycles. The van der Waals surface area contributed by atoms with Crippen LogP contribution in [0.2, 0.25) is 0 Å². The Morgan fingerprint density at radius 1 is 1.50 bits per heavy atom.